The Morgan fingerprint density at radius 3 is 2.13 bits per heavy atom. The average molecular weight is 422 g/mol. The van der Waals surface area contributed by atoms with Crippen LogP contribution in [0, 0.1) is 11.8 Å². The second-order valence-corrected chi connectivity index (χ2v) is 8.36. The first-order valence-corrected chi connectivity index (χ1v) is 11.1. The van der Waals surface area contributed by atoms with Gasteiger partial charge < -0.3 is 19.5 Å². The highest BCUT2D eigenvalue weighted by atomic mass is 16.5. The Balaban J connectivity index is 3.24. The third-order valence-electron chi connectivity index (χ3n) is 4.50. The lowest BCUT2D eigenvalue weighted by atomic mass is 9.83. The average Bonchev–Trinajstić information content (AvgIpc) is 2.66. The second kappa shape index (κ2) is 12.6. The minimum atomic E-state index is -0.918. The van der Waals surface area contributed by atoms with Gasteiger partial charge in [0.15, 0.2) is 0 Å². The van der Waals surface area contributed by atoms with Gasteiger partial charge in [-0.2, -0.15) is 0 Å². The highest BCUT2D eigenvalue weighted by molar-refractivity contribution is 5.99. The summed E-state index contributed by atoms with van der Waals surface area (Å²) in [6.07, 6.45) is 2.06. The van der Waals surface area contributed by atoms with E-state index in [2.05, 4.69) is 33.0 Å². The molecular weight excluding hydrogens is 382 g/mol. The number of hydrogen-bond acceptors (Lipinski definition) is 5. The van der Waals surface area contributed by atoms with Crippen LogP contribution >= 0.6 is 0 Å². The molecule has 0 aliphatic heterocycles. The van der Waals surface area contributed by atoms with Crippen molar-refractivity contribution in [2.45, 2.75) is 73.3 Å². The van der Waals surface area contributed by atoms with Crippen LogP contribution in [0.1, 0.15) is 78.1 Å². The van der Waals surface area contributed by atoms with Crippen LogP contribution in [0.2, 0.25) is 0 Å². The van der Waals surface area contributed by atoms with E-state index >= 15 is 0 Å². The molecule has 1 amide bonds. The number of anilines is 1. The molecule has 1 aromatic rings. The monoisotopic (exact) mass is 421 g/mol. The molecule has 1 rings (SSSR count). The standard InChI is InChI=1S/C24H39NO5/c1-8-13-29-21-12-11-19(14-20(21)22(26)28-9-2)25-23(27)24(30-10-3,15-17(4)5)16-18(6)7/h11-12,14,17-18H,8-10,13,15-16H2,1-7H3,(H,25,27). The Labute approximate surface area is 181 Å². The number of rotatable bonds is 13. The molecule has 1 aromatic carbocycles. The quantitative estimate of drug-likeness (QED) is 0.428. The van der Waals surface area contributed by atoms with Crippen LogP contribution in [0.3, 0.4) is 0 Å². The molecule has 0 heterocycles. The second-order valence-electron chi connectivity index (χ2n) is 8.36. The van der Waals surface area contributed by atoms with Crippen molar-refractivity contribution in [2.75, 3.05) is 25.1 Å². The van der Waals surface area contributed by atoms with Gasteiger partial charge in [0.25, 0.3) is 5.91 Å². The van der Waals surface area contributed by atoms with Gasteiger partial charge in [0, 0.05) is 12.3 Å². The van der Waals surface area contributed by atoms with Gasteiger partial charge in [0.2, 0.25) is 0 Å². The number of hydrogen-bond donors (Lipinski definition) is 1. The summed E-state index contributed by atoms with van der Waals surface area (Å²) in [6.45, 7) is 15.2. The maximum Gasteiger partial charge on any atom is 0.341 e. The molecule has 1 N–H and O–H groups in total. The Morgan fingerprint density at radius 1 is 1.00 bits per heavy atom. The molecule has 0 aromatic heterocycles. The topological polar surface area (TPSA) is 73.9 Å². The van der Waals surface area contributed by atoms with Crippen LogP contribution in [0.15, 0.2) is 18.2 Å². The highest BCUT2D eigenvalue weighted by Gasteiger charge is 2.40. The Kier molecular flexibility index (Phi) is 10.9. The van der Waals surface area contributed by atoms with Gasteiger partial charge in [-0.25, -0.2) is 4.79 Å². The summed E-state index contributed by atoms with van der Waals surface area (Å²) in [5.41, 5.74) is -0.0974. The van der Waals surface area contributed by atoms with E-state index < -0.39 is 11.6 Å². The van der Waals surface area contributed by atoms with E-state index in [1.165, 1.54) is 0 Å². The molecule has 0 fully saturated rings. The summed E-state index contributed by atoms with van der Waals surface area (Å²) in [4.78, 5) is 25.8. The molecule has 0 radical (unpaired) electrons. The van der Waals surface area contributed by atoms with E-state index in [-0.39, 0.29) is 12.5 Å². The van der Waals surface area contributed by atoms with E-state index in [1.807, 2.05) is 13.8 Å². The van der Waals surface area contributed by atoms with E-state index in [0.717, 1.165) is 6.42 Å². The summed E-state index contributed by atoms with van der Waals surface area (Å²) in [7, 11) is 0. The van der Waals surface area contributed by atoms with Gasteiger partial charge in [-0.05, 0) is 63.1 Å². The van der Waals surface area contributed by atoms with E-state index in [4.69, 9.17) is 14.2 Å². The summed E-state index contributed by atoms with van der Waals surface area (Å²) in [5.74, 6) is 0.375. The number of carbonyl (C=O) groups is 2. The summed E-state index contributed by atoms with van der Waals surface area (Å²) >= 11 is 0. The maximum atomic E-state index is 13.4. The number of ether oxygens (including phenoxy) is 3. The minimum Gasteiger partial charge on any atom is -0.493 e. The van der Waals surface area contributed by atoms with E-state index in [9.17, 15) is 9.59 Å². The van der Waals surface area contributed by atoms with Gasteiger partial charge >= 0.3 is 5.97 Å². The SMILES string of the molecule is CCCOc1ccc(NC(=O)C(CC(C)C)(CC(C)C)OCC)cc1C(=O)OCC. The normalized spacial score (nSPS) is 11.6. The lowest BCUT2D eigenvalue weighted by Gasteiger charge is -2.35. The van der Waals surface area contributed by atoms with Crippen molar-refractivity contribution >= 4 is 17.6 Å². The van der Waals surface area contributed by atoms with Crippen molar-refractivity contribution in [1.82, 2.24) is 0 Å². The van der Waals surface area contributed by atoms with E-state index in [1.54, 1.807) is 25.1 Å². The lowest BCUT2D eigenvalue weighted by Crippen LogP contribution is -2.47. The van der Waals surface area contributed by atoms with Gasteiger partial charge in [0.05, 0.1) is 13.2 Å². The summed E-state index contributed by atoms with van der Waals surface area (Å²) < 4.78 is 16.9. The number of carbonyl (C=O) groups excluding carboxylic acids is 2. The Hall–Kier alpha value is -2.08. The van der Waals surface area contributed by atoms with Crippen LogP contribution in [-0.4, -0.2) is 37.3 Å². The highest BCUT2D eigenvalue weighted by Crippen LogP contribution is 2.32. The molecule has 0 unspecified atom stereocenters. The van der Waals surface area contributed by atoms with Crippen molar-refractivity contribution in [1.29, 1.82) is 0 Å². The Morgan fingerprint density at radius 2 is 1.63 bits per heavy atom. The van der Waals surface area contributed by atoms with Crippen LogP contribution in [0.5, 0.6) is 5.75 Å². The third-order valence-corrected chi connectivity index (χ3v) is 4.50. The summed E-state index contributed by atoms with van der Waals surface area (Å²) in [6, 6.07) is 5.06. The molecule has 170 valence electrons. The van der Waals surface area contributed by atoms with Crippen molar-refractivity contribution in [2.24, 2.45) is 11.8 Å². The number of esters is 1. The molecule has 0 atom stereocenters. The van der Waals surface area contributed by atoms with Gasteiger partial charge in [-0.15, -0.1) is 0 Å². The smallest absolute Gasteiger partial charge is 0.341 e. The Bertz CT molecular complexity index is 674. The lowest BCUT2D eigenvalue weighted by molar-refractivity contribution is -0.146. The molecule has 0 bridgehead atoms. The number of nitrogens with one attached hydrogen (secondary N) is 1. The molecule has 0 saturated carbocycles. The zero-order chi connectivity index (χ0) is 22.7. The van der Waals surface area contributed by atoms with Crippen molar-refractivity contribution in [3.63, 3.8) is 0 Å². The summed E-state index contributed by atoms with van der Waals surface area (Å²) in [5, 5.41) is 2.97. The van der Waals surface area contributed by atoms with Crippen LogP contribution in [-0.2, 0) is 14.3 Å². The maximum absolute atomic E-state index is 13.4. The van der Waals surface area contributed by atoms with Crippen LogP contribution in [0.4, 0.5) is 5.69 Å². The first-order chi connectivity index (χ1) is 14.2. The fourth-order valence-electron chi connectivity index (χ4n) is 3.61. The first kappa shape index (κ1) is 26.0. The minimum absolute atomic E-state index is 0.191. The number of benzene rings is 1. The zero-order valence-corrected chi connectivity index (χ0v) is 19.7. The van der Waals surface area contributed by atoms with Crippen LogP contribution in [0.25, 0.3) is 0 Å². The molecule has 0 spiro atoms. The van der Waals surface area contributed by atoms with Crippen molar-refractivity contribution in [3.8, 4) is 5.75 Å². The fourth-order valence-corrected chi connectivity index (χ4v) is 3.61. The molecule has 0 aliphatic carbocycles. The molecule has 6 heteroatoms. The van der Waals surface area contributed by atoms with Crippen molar-refractivity contribution < 1.29 is 23.8 Å². The molecule has 30 heavy (non-hydrogen) atoms. The fraction of sp³-hybridized carbons (Fsp3) is 0.667. The van der Waals surface area contributed by atoms with Gasteiger partial charge in [0.1, 0.15) is 16.9 Å². The zero-order valence-electron chi connectivity index (χ0n) is 19.7. The predicted molar refractivity (Wildman–Crippen MR) is 120 cm³/mol. The van der Waals surface area contributed by atoms with Crippen molar-refractivity contribution in [3.05, 3.63) is 23.8 Å². The largest absolute Gasteiger partial charge is 0.493 e. The third kappa shape index (κ3) is 7.63. The van der Waals surface area contributed by atoms with Gasteiger partial charge in [-0.1, -0.05) is 34.6 Å². The first-order valence-electron chi connectivity index (χ1n) is 11.1. The molecule has 6 nitrogen and oxygen atoms in total. The number of amides is 1. The van der Waals surface area contributed by atoms with Gasteiger partial charge in [-0.3, -0.25) is 4.79 Å². The molecule has 0 aliphatic rings. The molecule has 0 saturated heterocycles. The molecular formula is C24H39NO5. The van der Waals surface area contributed by atoms with Crippen LogP contribution < -0.4 is 10.1 Å². The van der Waals surface area contributed by atoms with E-state index in [0.29, 0.717) is 54.9 Å². The predicted octanol–water partition coefficient (Wildman–Crippen LogP) is 5.46.